The van der Waals surface area contributed by atoms with Crippen molar-refractivity contribution in [2.24, 2.45) is 11.7 Å². The van der Waals surface area contributed by atoms with Crippen molar-refractivity contribution in [1.29, 1.82) is 5.41 Å². The number of carbonyl (C=O) groups is 1. The van der Waals surface area contributed by atoms with E-state index in [2.05, 4.69) is 9.71 Å². The highest BCUT2D eigenvalue weighted by molar-refractivity contribution is 7.89. The zero-order valence-electron chi connectivity index (χ0n) is 22.6. The number of aromatic amines is 1. The van der Waals surface area contributed by atoms with Crippen molar-refractivity contribution >= 4 is 55.0 Å². The summed E-state index contributed by atoms with van der Waals surface area (Å²) in [5.74, 6) is -0.622. The third kappa shape index (κ3) is 8.14. The molecule has 1 aliphatic rings. The Morgan fingerprint density at radius 1 is 1.14 bits per heavy atom. The number of guanidine groups is 1. The third-order valence-corrected chi connectivity index (χ3v) is 8.50. The topological polar surface area (TPSA) is 199 Å². The van der Waals surface area contributed by atoms with Gasteiger partial charge in [-0.1, -0.05) is 48.5 Å². The molecule has 42 heavy (non-hydrogen) atoms. The zero-order valence-corrected chi connectivity index (χ0v) is 24.2. The molecule has 0 unspecified atom stereocenters. The van der Waals surface area contributed by atoms with Gasteiger partial charge in [0.15, 0.2) is 5.96 Å². The second kappa shape index (κ2) is 13.9. The predicted octanol–water partition coefficient (Wildman–Crippen LogP) is 3.04. The molecule has 3 aromatic carbocycles. The maximum atomic E-state index is 13.4. The maximum absolute atomic E-state index is 13.4. The van der Waals surface area contributed by atoms with Gasteiger partial charge < -0.3 is 20.4 Å². The Balaban J connectivity index is 0.000000952. The van der Waals surface area contributed by atoms with E-state index in [0.29, 0.717) is 13.1 Å². The SMILES string of the molecule is N=C(N)N1CCC[C@H](COC(=O)[C@@H](Cc2c[nH]c3ccccc23)NS(=O)(=O)c2ccc3ccccc3c2)C1.O=S(O)O. The lowest BCUT2D eigenvalue weighted by atomic mass is 9.99. The van der Waals surface area contributed by atoms with Crippen LogP contribution in [0.2, 0.25) is 0 Å². The molecule has 1 aromatic heterocycles. The number of nitrogens with one attached hydrogen (secondary N) is 3. The van der Waals surface area contributed by atoms with Gasteiger partial charge in [0, 0.05) is 42.5 Å². The number of rotatable bonds is 8. The first-order chi connectivity index (χ1) is 20.0. The zero-order chi connectivity index (χ0) is 30.3. The highest BCUT2D eigenvalue weighted by atomic mass is 32.2. The number of nitrogens with two attached hydrogens (primary N) is 1. The molecule has 4 aromatic rings. The van der Waals surface area contributed by atoms with Crippen LogP contribution in [-0.2, 0) is 37.3 Å². The van der Waals surface area contributed by atoms with E-state index in [1.807, 2.05) is 48.5 Å². The van der Waals surface area contributed by atoms with Crippen LogP contribution in [0.1, 0.15) is 18.4 Å². The Bertz CT molecular complexity index is 1690. The number of H-pyrrole nitrogens is 1. The summed E-state index contributed by atoms with van der Waals surface area (Å²) in [6.07, 6.45) is 3.60. The van der Waals surface area contributed by atoms with Crippen LogP contribution >= 0.6 is 0 Å². The summed E-state index contributed by atoms with van der Waals surface area (Å²) < 4.78 is 58.0. The fraction of sp³-hybridized carbons (Fsp3) is 0.286. The number of sulfonamides is 1. The summed E-state index contributed by atoms with van der Waals surface area (Å²) in [4.78, 5) is 18.4. The molecule has 14 heteroatoms. The quantitative estimate of drug-likeness (QED) is 0.0746. The molecule has 2 heterocycles. The highest BCUT2D eigenvalue weighted by Crippen LogP contribution is 2.23. The van der Waals surface area contributed by atoms with Gasteiger partial charge >= 0.3 is 5.97 Å². The van der Waals surface area contributed by atoms with Gasteiger partial charge in [0.2, 0.25) is 10.0 Å². The maximum Gasteiger partial charge on any atom is 0.324 e. The molecule has 0 radical (unpaired) electrons. The standard InChI is InChI=1S/C28H31N5O4S.H2O3S/c29-28(30)33-13-5-6-19(17-33)18-37-27(34)26(15-22-16-31-25-10-4-3-9-24(22)25)32-38(35,36)23-12-11-20-7-1-2-8-21(20)14-23;1-4(2)3/h1-4,7-12,14,16,19,26,31-32H,5-6,13,15,17-18H2,(H3,29,30);(H2,1,2,3)/t19-,26+;/m0./s1. The van der Waals surface area contributed by atoms with E-state index in [9.17, 15) is 13.2 Å². The van der Waals surface area contributed by atoms with Crippen LogP contribution in [-0.4, -0.2) is 69.3 Å². The summed E-state index contributed by atoms with van der Waals surface area (Å²) >= 11 is -2.61. The first kappa shape index (κ1) is 31.1. The molecule has 224 valence electrons. The number of esters is 1. The molecule has 7 N–H and O–H groups in total. The molecule has 0 saturated carbocycles. The second-order valence-electron chi connectivity index (χ2n) is 9.95. The van der Waals surface area contributed by atoms with Gasteiger partial charge in [0.1, 0.15) is 6.04 Å². The van der Waals surface area contributed by atoms with Gasteiger partial charge in [-0.3, -0.25) is 19.3 Å². The van der Waals surface area contributed by atoms with Gasteiger partial charge in [-0.05, 0) is 47.4 Å². The fourth-order valence-electron chi connectivity index (χ4n) is 5.00. The van der Waals surface area contributed by atoms with Crippen molar-refractivity contribution in [3.05, 3.63) is 78.5 Å². The van der Waals surface area contributed by atoms with Crippen LogP contribution < -0.4 is 10.5 Å². The molecular formula is C28H33N5O7S2. The summed E-state index contributed by atoms with van der Waals surface area (Å²) in [5.41, 5.74) is 7.35. The third-order valence-electron chi connectivity index (χ3n) is 7.03. The summed E-state index contributed by atoms with van der Waals surface area (Å²) in [6, 6.07) is 18.9. The van der Waals surface area contributed by atoms with Crippen LogP contribution in [0.4, 0.5) is 0 Å². The van der Waals surface area contributed by atoms with Gasteiger partial charge in [0.25, 0.3) is 11.4 Å². The highest BCUT2D eigenvalue weighted by Gasteiger charge is 2.30. The van der Waals surface area contributed by atoms with Crippen molar-refractivity contribution in [1.82, 2.24) is 14.6 Å². The second-order valence-corrected chi connectivity index (χ2v) is 12.1. The van der Waals surface area contributed by atoms with Crippen molar-refractivity contribution in [2.75, 3.05) is 19.7 Å². The molecule has 5 rings (SSSR count). The van der Waals surface area contributed by atoms with Gasteiger partial charge in [-0.2, -0.15) is 8.93 Å². The molecule has 1 fully saturated rings. The minimum absolute atomic E-state index is 0.00128. The number of fused-ring (bicyclic) bond motifs is 2. The molecule has 1 saturated heterocycles. The summed E-state index contributed by atoms with van der Waals surface area (Å²) in [6.45, 7) is 1.36. The number of piperidine rings is 1. The Morgan fingerprint density at radius 2 is 1.83 bits per heavy atom. The number of hydrogen-bond acceptors (Lipinski definition) is 6. The first-order valence-electron chi connectivity index (χ1n) is 13.1. The lowest BCUT2D eigenvalue weighted by molar-refractivity contribution is -0.147. The van der Waals surface area contributed by atoms with Crippen molar-refractivity contribution in [3.63, 3.8) is 0 Å². The molecule has 0 aliphatic carbocycles. The molecular weight excluding hydrogens is 582 g/mol. The van der Waals surface area contributed by atoms with Crippen molar-refractivity contribution in [2.45, 2.75) is 30.2 Å². The normalized spacial score (nSPS) is 16.2. The van der Waals surface area contributed by atoms with E-state index in [1.165, 1.54) is 6.07 Å². The van der Waals surface area contributed by atoms with Crippen molar-refractivity contribution < 1.29 is 31.3 Å². The predicted molar refractivity (Wildman–Crippen MR) is 161 cm³/mol. The Morgan fingerprint density at radius 3 is 2.57 bits per heavy atom. The Hall–Kier alpha value is -3.82. The summed E-state index contributed by atoms with van der Waals surface area (Å²) in [7, 11) is -4.03. The van der Waals surface area contributed by atoms with E-state index < -0.39 is 33.4 Å². The summed E-state index contributed by atoms with van der Waals surface area (Å²) in [5, 5.41) is 10.3. The lowest BCUT2D eigenvalue weighted by Gasteiger charge is -2.32. The van der Waals surface area contributed by atoms with E-state index in [0.717, 1.165) is 40.1 Å². The number of likely N-dealkylation sites (tertiary alicyclic amines) is 1. The van der Waals surface area contributed by atoms with Gasteiger partial charge in [-0.25, -0.2) is 8.42 Å². The molecule has 12 nitrogen and oxygen atoms in total. The molecule has 0 bridgehead atoms. The molecule has 2 atom stereocenters. The number of aromatic nitrogens is 1. The molecule has 0 spiro atoms. The minimum atomic E-state index is -4.03. The van der Waals surface area contributed by atoms with Gasteiger partial charge in [0.05, 0.1) is 11.5 Å². The number of ether oxygens (including phenoxy) is 1. The number of benzene rings is 3. The number of para-hydroxylation sites is 1. The van der Waals surface area contributed by atoms with E-state index in [1.54, 1.807) is 23.2 Å². The minimum Gasteiger partial charge on any atom is -0.464 e. The van der Waals surface area contributed by atoms with Crippen molar-refractivity contribution in [3.8, 4) is 0 Å². The van der Waals surface area contributed by atoms with Crippen LogP contribution in [0, 0.1) is 11.3 Å². The van der Waals surface area contributed by atoms with Crippen LogP contribution in [0.5, 0.6) is 0 Å². The first-order valence-corrected chi connectivity index (χ1v) is 15.7. The molecule has 0 amide bonds. The number of nitrogens with zero attached hydrogens (tertiary/aromatic N) is 1. The van der Waals surface area contributed by atoms with E-state index in [-0.39, 0.29) is 29.8 Å². The van der Waals surface area contributed by atoms with Crippen LogP contribution in [0.3, 0.4) is 0 Å². The van der Waals surface area contributed by atoms with Gasteiger partial charge in [-0.15, -0.1) is 0 Å². The average molecular weight is 616 g/mol. The number of carbonyl (C=O) groups excluding carboxylic acids is 1. The van der Waals surface area contributed by atoms with Crippen LogP contribution in [0.15, 0.2) is 77.8 Å². The van der Waals surface area contributed by atoms with E-state index >= 15 is 0 Å². The largest absolute Gasteiger partial charge is 0.464 e. The lowest BCUT2D eigenvalue weighted by Crippen LogP contribution is -2.46. The average Bonchev–Trinajstić information content (AvgIpc) is 3.37. The fourth-order valence-corrected chi connectivity index (χ4v) is 6.22. The smallest absolute Gasteiger partial charge is 0.324 e. The van der Waals surface area contributed by atoms with Crippen LogP contribution in [0.25, 0.3) is 21.7 Å². The Labute approximate surface area is 245 Å². The Kier molecular flexibility index (Phi) is 10.3. The number of hydrogen-bond donors (Lipinski definition) is 6. The monoisotopic (exact) mass is 615 g/mol. The molecule has 1 aliphatic heterocycles. The van der Waals surface area contributed by atoms with E-state index in [4.69, 9.17) is 29.2 Å².